The molecule has 17 heavy (non-hydrogen) atoms. The van der Waals surface area contributed by atoms with E-state index in [2.05, 4.69) is 9.91 Å². The Morgan fingerprint density at radius 1 is 1.18 bits per heavy atom. The highest BCUT2D eigenvalue weighted by Gasteiger charge is 2.23. The summed E-state index contributed by atoms with van der Waals surface area (Å²) in [6.45, 7) is 0. The summed E-state index contributed by atoms with van der Waals surface area (Å²) in [6.07, 6.45) is 0. The van der Waals surface area contributed by atoms with Crippen molar-refractivity contribution in [1.82, 2.24) is 0 Å². The summed E-state index contributed by atoms with van der Waals surface area (Å²) < 4.78 is 4.57. The molecule has 0 heterocycles. The zero-order valence-corrected chi connectivity index (χ0v) is 9.29. The maximum atomic E-state index is 11.5. The van der Waals surface area contributed by atoms with E-state index in [1.54, 1.807) is 12.1 Å². The van der Waals surface area contributed by atoms with Crippen molar-refractivity contribution < 1.29 is 9.53 Å². The van der Waals surface area contributed by atoms with E-state index in [0.29, 0.717) is 5.56 Å². The lowest BCUT2D eigenvalue weighted by atomic mass is 9.99. The van der Waals surface area contributed by atoms with Crippen molar-refractivity contribution >= 4 is 16.7 Å². The summed E-state index contributed by atoms with van der Waals surface area (Å²) in [5.74, 6) is -0.642. The molecule has 2 aromatic carbocycles. The predicted molar refractivity (Wildman–Crippen MR) is 64.5 cm³/mol. The number of rotatable bonds is 3. The molecule has 86 valence electrons. The Bertz CT molecular complexity index is 560. The first kappa shape index (κ1) is 11.3. The van der Waals surface area contributed by atoms with Gasteiger partial charge in [0.05, 0.1) is 7.11 Å². The normalized spacial score (nSPS) is 12.1. The average molecular weight is 229 g/mol. The van der Waals surface area contributed by atoms with Gasteiger partial charge in [-0.25, -0.2) is 4.79 Å². The highest BCUT2D eigenvalue weighted by atomic mass is 16.5. The number of nitroso groups, excluding NO2 is 1. The number of ether oxygens (including phenoxy) is 1. The lowest BCUT2D eigenvalue weighted by Crippen LogP contribution is -2.12. The summed E-state index contributed by atoms with van der Waals surface area (Å²) in [7, 11) is 1.24. The van der Waals surface area contributed by atoms with Crippen LogP contribution in [0, 0.1) is 4.91 Å². The molecule has 0 aliphatic carbocycles. The number of benzene rings is 2. The van der Waals surface area contributed by atoms with Gasteiger partial charge in [0.15, 0.2) is 0 Å². The molecule has 0 radical (unpaired) electrons. The molecule has 0 aromatic heterocycles. The molecule has 0 spiro atoms. The van der Waals surface area contributed by atoms with Crippen LogP contribution in [0.3, 0.4) is 0 Å². The third kappa shape index (κ3) is 2.01. The Labute approximate surface area is 98.2 Å². The summed E-state index contributed by atoms with van der Waals surface area (Å²) in [6, 6.07) is 11.8. The number of carbonyl (C=O) groups excluding carboxylic acids is 1. The van der Waals surface area contributed by atoms with Crippen molar-refractivity contribution in [2.75, 3.05) is 7.11 Å². The molecular formula is C13H11NO3. The molecule has 0 bridgehead atoms. The van der Waals surface area contributed by atoms with E-state index >= 15 is 0 Å². The molecule has 0 fully saturated rings. The van der Waals surface area contributed by atoms with Crippen molar-refractivity contribution in [3.8, 4) is 0 Å². The second kappa shape index (κ2) is 4.74. The van der Waals surface area contributed by atoms with Crippen molar-refractivity contribution in [2.24, 2.45) is 5.18 Å². The van der Waals surface area contributed by atoms with Crippen LogP contribution in [0.2, 0.25) is 0 Å². The van der Waals surface area contributed by atoms with Crippen molar-refractivity contribution in [2.45, 2.75) is 6.04 Å². The first-order chi connectivity index (χ1) is 8.27. The molecule has 0 saturated carbocycles. The van der Waals surface area contributed by atoms with E-state index in [1.807, 2.05) is 30.3 Å². The third-order valence-electron chi connectivity index (χ3n) is 2.65. The van der Waals surface area contributed by atoms with Crippen LogP contribution in [-0.2, 0) is 9.53 Å². The van der Waals surface area contributed by atoms with Crippen molar-refractivity contribution in [3.63, 3.8) is 0 Å². The topological polar surface area (TPSA) is 55.7 Å². The fourth-order valence-corrected chi connectivity index (χ4v) is 1.83. The molecule has 4 nitrogen and oxygen atoms in total. The fourth-order valence-electron chi connectivity index (χ4n) is 1.83. The lowest BCUT2D eigenvalue weighted by molar-refractivity contribution is -0.142. The Balaban J connectivity index is 2.61. The van der Waals surface area contributed by atoms with Crippen molar-refractivity contribution in [3.05, 3.63) is 52.9 Å². The van der Waals surface area contributed by atoms with Gasteiger partial charge in [-0.05, 0) is 21.5 Å². The zero-order valence-electron chi connectivity index (χ0n) is 9.29. The van der Waals surface area contributed by atoms with Gasteiger partial charge >= 0.3 is 5.97 Å². The van der Waals surface area contributed by atoms with Gasteiger partial charge in [0.1, 0.15) is 0 Å². The number of hydrogen-bond acceptors (Lipinski definition) is 4. The summed E-state index contributed by atoms with van der Waals surface area (Å²) >= 11 is 0. The lowest BCUT2D eigenvalue weighted by Gasteiger charge is -2.10. The number of fused-ring (bicyclic) bond motifs is 1. The van der Waals surface area contributed by atoms with Crippen LogP contribution in [0.1, 0.15) is 11.6 Å². The Morgan fingerprint density at radius 3 is 2.59 bits per heavy atom. The van der Waals surface area contributed by atoms with Crippen LogP contribution >= 0.6 is 0 Å². The average Bonchev–Trinajstić information content (AvgIpc) is 2.39. The molecule has 4 heteroatoms. The van der Waals surface area contributed by atoms with Gasteiger partial charge in [-0.1, -0.05) is 42.5 Å². The number of esters is 1. The molecule has 2 aromatic rings. The highest BCUT2D eigenvalue weighted by molar-refractivity contribution is 5.91. The van der Waals surface area contributed by atoms with Gasteiger partial charge in [0.25, 0.3) is 0 Å². The molecule has 0 amide bonds. The largest absolute Gasteiger partial charge is 0.467 e. The molecule has 2 rings (SSSR count). The fraction of sp³-hybridized carbons (Fsp3) is 0.154. The summed E-state index contributed by atoms with van der Waals surface area (Å²) in [5, 5.41) is 4.65. The summed E-state index contributed by atoms with van der Waals surface area (Å²) in [5.41, 5.74) is 0.574. The molecule has 0 aliphatic heterocycles. The maximum Gasteiger partial charge on any atom is 0.339 e. The smallest absolute Gasteiger partial charge is 0.339 e. The predicted octanol–water partition coefficient (Wildman–Crippen LogP) is 2.82. The van der Waals surface area contributed by atoms with E-state index in [9.17, 15) is 9.70 Å². The van der Waals surface area contributed by atoms with E-state index in [0.717, 1.165) is 10.8 Å². The van der Waals surface area contributed by atoms with Gasteiger partial charge in [-0.3, -0.25) is 0 Å². The van der Waals surface area contributed by atoms with Gasteiger partial charge in [0.2, 0.25) is 6.04 Å². The molecule has 1 unspecified atom stereocenters. The van der Waals surface area contributed by atoms with Crippen LogP contribution in [0.5, 0.6) is 0 Å². The number of hydrogen-bond donors (Lipinski definition) is 0. The van der Waals surface area contributed by atoms with Crippen LogP contribution in [0.4, 0.5) is 0 Å². The first-order valence-corrected chi connectivity index (χ1v) is 5.16. The molecule has 0 saturated heterocycles. The molecule has 0 aliphatic rings. The molecule has 0 N–H and O–H groups in total. The standard InChI is InChI=1S/C13H11NO3/c1-17-13(15)12(14-16)11-8-4-6-9-5-2-3-7-10(9)11/h2-8,12H,1H3. The first-order valence-electron chi connectivity index (χ1n) is 5.16. The quantitative estimate of drug-likeness (QED) is 0.600. The number of methoxy groups -OCH3 is 1. The van der Waals surface area contributed by atoms with Crippen molar-refractivity contribution in [1.29, 1.82) is 0 Å². The monoisotopic (exact) mass is 229 g/mol. The minimum Gasteiger partial charge on any atom is -0.467 e. The van der Waals surface area contributed by atoms with E-state index in [1.165, 1.54) is 7.11 Å². The minimum atomic E-state index is -1.11. The molecule has 1 atom stereocenters. The number of nitrogens with zero attached hydrogens (tertiary/aromatic N) is 1. The Morgan fingerprint density at radius 2 is 1.88 bits per heavy atom. The second-order valence-corrected chi connectivity index (χ2v) is 3.60. The Kier molecular flexibility index (Phi) is 3.14. The van der Waals surface area contributed by atoms with Crippen LogP contribution in [0.15, 0.2) is 47.6 Å². The SMILES string of the molecule is COC(=O)C(N=O)c1cccc2ccccc12. The van der Waals surface area contributed by atoms with Gasteiger partial charge in [-0.15, -0.1) is 4.91 Å². The van der Waals surface area contributed by atoms with Gasteiger partial charge in [0, 0.05) is 0 Å². The maximum absolute atomic E-state index is 11.5. The second-order valence-electron chi connectivity index (χ2n) is 3.60. The minimum absolute atomic E-state index is 0.574. The highest BCUT2D eigenvalue weighted by Crippen LogP contribution is 2.27. The van der Waals surface area contributed by atoms with Crippen LogP contribution in [0.25, 0.3) is 10.8 Å². The molecular weight excluding hydrogens is 218 g/mol. The van der Waals surface area contributed by atoms with Crippen LogP contribution < -0.4 is 0 Å². The van der Waals surface area contributed by atoms with E-state index < -0.39 is 12.0 Å². The van der Waals surface area contributed by atoms with Gasteiger partial charge in [-0.2, -0.15) is 0 Å². The van der Waals surface area contributed by atoms with E-state index in [-0.39, 0.29) is 0 Å². The summed E-state index contributed by atoms with van der Waals surface area (Å²) in [4.78, 5) is 22.3. The third-order valence-corrected chi connectivity index (χ3v) is 2.65. The number of carbonyl (C=O) groups is 1. The van der Waals surface area contributed by atoms with Crippen LogP contribution in [-0.4, -0.2) is 13.1 Å². The van der Waals surface area contributed by atoms with Gasteiger partial charge < -0.3 is 4.74 Å². The van der Waals surface area contributed by atoms with E-state index in [4.69, 9.17) is 0 Å². The zero-order chi connectivity index (χ0) is 12.3. The Hall–Kier alpha value is -2.23.